The molecule has 0 aromatic heterocycles. The molecule has 4 heteroatoms. The summed E-state index contributed by atoms with van der Waals surface area (Å²) in [5.74, 6) is 0.536. The number of likely N-dealkylation sites (tertiary alicyclic amines) is 1. The van der Waals surface area contributed by atoms with Gasteiger partial charge in [-0.25, -0.2) is 0 Å². The molecule has 1 atom stereocenters. The number of hydrogen-bond acceptors (Lipinski definition) is 3. The third-order valence-electron chi connectivity index (χ3n) is 6.85. The zero-order valence-corrected chi connectivity index (χ0v) is 17.2. The SMILES string of the molecule is CC(=O)NC(C)(C)C1CCN(C2CCC(C#N)(c3cccc(C)c3)CC2)C1. The van der Waals surface area contributed by atoms with Crippen LogP contribution in [0.4, 0.5) is 0 Å². The van der Waals surface area contributed by atoms with Gasteiger partial charge in [0.1, 0.15) is 0 Å². The number of carbonyl (C=O) groups excluding carboxylic acids is 1. The number of benzene rings is 1. The number of hydrogen-bond donors (Lipinski definition) is 1. The summed E-state index contributed by atoms with van der Waals surface area (Å²) >= 11 is 0. The highest BCUT2D eigenvalue weighted by atomic mass is 16.1. The second-order valence-corrected chi connectivity index (χ2v) is 9.18. The van der Waals surface area contributed by atoms with Gasteiger partial charge >= 0.3 is 0 Å². The Balaban J connectivity index is 1.63. The highest BCUT2D eigenvalue weighted by Gasteiger charge is 2.42. The Morgan fingerprint density at radius 3 is 2.59 bits per heavy atom. The van der Waals surface area contributed by atoms with Crippen molar-refractivity contribution in [1.29, 1.82) is 5.26 Å². The number of amides is 1. The largest absolute Gasteiger partial charge is 0.351 e. The molecule has 3 rings (SSSR count). The van der Waals surface area contributed by atoms with Crippen molar-refractivity contribution < 1.29 is 4.79 Å². The minimum Gasteiger partial charge on any atom is -0.351 e. The van der Waals surface area contributed by atoms with Crippen molar-refractivity contribution in [1.82, 2.24) is 10.2 Å². The first-order chi connectivity index (χ1) is 12.8. The smallest absolute Gasteiger partial charge is 0.217 e. The number of aryl methyl sites for hydroxylation is 1. The molecule has 1 aromatic rings. The van der Waals surface area contributed by atoms with Crippen LogP contribution in [0, 0.1) is 24.2 Å². The third kappa shape index (κ3) is 4.19. The second-order valence-electron chi connectivity index (χ2n) is 9.18. The van der Waals surface area contributed by atoms with Gasteiger partial charge in [-0.05, 0) is 70.9 Å². The molecule has 1 unspecified atom stereocenters. The standard InChI is InChI=1S/C23H33N3O/c1-17-6-5-7-19(14-17)23(16-24)11-8-21(9-12-23)26-13-10-20(15-26)22(3,4)25-18(2)27/h5-7,14,20-21H,8-13,15H2,1-4H3,(H,25,27). The van der Waals surface area contributed by atoms with E-state index in [2.05, 4.69) is 61.3 Å². The molecule has 27 heavy (non-hydrogen) atoms. The Morgan fingerprint density at radius 2 is 2.00 bits per heavy atom. The first kappa shape index (κ1) is 19.9. The van der Waals surface area contributed by atoms with E-state index in [0.29, 0.717) is 12.0 Å². The fourth-order valence-electron chi connectivity index (χ4n) is 5.13. The summed E-state index contributed by atoms with van der Waals surface area (Å²) in [5, 5.41) is 13.1. The molecule has 2 fully saturated rings. The zero-order chi connectivity index (χ0) is 19.7. The van der Waals surface area contributed by atoms with Crippen LogP contribution in [0.25, 0.3) is 0 Å². The minimum absolute atomic E-state index is 0.0491. The van der Waals surface area contributed by atoms with Crippen LogP contribution in [-0.4, -0.2) is 35.5 Å². The molecule has 1 N–H and O–H groups in total. The van der Waals surface area contributed by atoms with E-state index in [4.69, 9.17) is 0 Å². The van der Waals surface area contributed by atoms with E-state index in [1.807, 2.05) is 0 Å². The molecule has 0 spiro atoms. The van der Waals surface area contributed by atoms with Gasteiger partial charge < -0.3 is 10.2 Å². The van der Waals surface area contributed by atoms with Gasteiger partial charge in [-0.3, -0.25) is 4.79 Å². The van der Waals surface area contributed by atoms with Crippen LogP contribution in [-0.2, 0) is 10.2 Å². The monoisotopic (exact) mass is 367 g/mol. The summed E-state index contributed by atoms with van der Waals surface area (Å²) in [6.45, 7) is 10.1. The topological polar surface area (TPSA) is 56.1 Å². The summed E-state index contributed by atoms with van der Waals surface area (Å²) in [5.41, 5.74) is 1.94. The van der Waals surface area contributed by atoms with Gasteiger partial charge in [0.05, 0.1) is 11.5 Å². The summed E-state index contributed by atoms with van der Waals surface area (Å²) in [4.78, 5) is 14.1. The minimum atomic E-state index is -0.322. The van der Waals surface area contributed by atoms with E-state index in [1.165, 1.54) is 11.1 Å². The molecule has 4 nitrogen and oxygen atoms in total. The van der Waals surface area contributed by atoms with E-state index < -0.39 is 0 Å². The van der Waals surface area contributed by atoms with Crippen LogP contribution in [0.5, 0.6) is 0 Å². The van der Waals surface area contributed by atoms with Crippen molar-refractivity contribution in [2.24, 2.45) is 5.92 Å². The summed E-state index contributed by atoms with van der Waals surface area (Å²) < 4.78 is 0. The average Bonchev–Trinajstić information content (AvgIpc) is 3.12. The molecule has 1 saturated heterocycles. The number of carbonyl (C=O) groups is 1. The van der Waals surface area contributed by atoms with Crippen LogP contribution in [0.1, 0.15) is 64.0 Å². The third-order valence-corrected chi connectivity index (χ3v) is 6.85. The number of nitriles is 1. The maximum Gasteiger partial charge on any atom is 0.217 e. The molecule has 1 saturated carbocycles. The van der Waals surface area contributed by atoms with Crippen molar-refractivity contribution in [2.45, 2.75) is 76.8 Å². The highest BCUT2D eigenvalue weighted by Crippen LogP contribution is 2.42. The van der Waals surface area contributed by atoms with Crippen molar-refractivity contribution in [3.05, 3.63) is 35.4 Å². The fraction of sp³-hybridized carbons (Fsp3) is 0.652. The average molecular weight is 368 g/mol. The lowest BCUT2D eigenvalue weighted by Crippen LogP contribution is -2.50. The fourth-order valence-corrected chi connectivity index (χ4v) is 5.13. The number of nitrogens with one attached hydrogen (secondary N) is 1. The molecule has 1 heterocycles. The Kier molecular flexibility index (Phi) is 5.63. The van der Waals surface area contributed by atoms with Crippen LogP contribution in [0.15, 0.2) is 24.3 Å². The van der Waals surface area contributed by atoms with E-state index in [9.17, 15) is 10.1 Å². The molecular weight excluding hydrogens is 334 g/mol. The van der Waals surface area contributed by atoms with Crippen molar-refractivity contribution in [2.75, 3.05) is 13.1 Å². The van der Waals surface area contributed by atoms with Crippen molar-refractivity contribution in [3.63, 3.8) is 0 Å². The van der Waals surface area contributed by atoms with Crippen LogP contribution >= 0.6 is 0 Å². The summed E-state index contributed by atoms with van der Waals surface area (Å²) in [6, 6.07) is 11.7. The Morgan fingerprint density at radius 1 is 1.30 bits per heavy atom. The Labute approximate surface area is 163 Å². The van der Waals surface area contributed by atoms with Crippen LogP contribution in [0.2, 0.25) is 0 Å². The second kappa shape index (κ2) is 7.64. The molecule has 0 bridgehead atoms. The first-order valence-corrected chi connectivity index (χ1v) is 10.3. The summed E-state index contributed by atoms with van der Waals surface area (Å²) in [6.07, 6.45) is 5.16. The van der Waals surface area contributed by atoms with Gasteiger partial charge in [0, 0.05) is 25.0 Å². The van der Waals surface area contributed by atoms with E-state index in [0.717, 1.165) is 45.2 Å². The highest BCUT2D eigenvalue weighted by molar-refractivity contribution is 5.73. The molecule has 1 aliphatic heterocycles. The maximum atomic E-state index is 11.5. The quantitative estimate of drug-likeness (QED) is 0.877. The molecule has 1 amide bonds. The predicted molar refractivity (Wildman–Crippen MR) is 108 cm³/mol. The molecule has 146 valence electrons. The zero-order valence-electron chi connectivity index (χ0n) is 17.2. The van der Waals surface area contributed by atoms with Gasteiger partial charge in [-0.15, -0.1) is 0 Å². The van der Waals surface area contributed by atoms with E-state index in [-0.39, 0.29) is 16.9 Å². The lowest BCUT2D eigenvalue weighted by molar-refractivity contribution is -0.121. The maximum absolute atomic E-state index is 11.5. The molecular formula is C23H33N3O. The van der Waals surface area contributed by atoms with Gasteiger partial charge in [-0.1, -0.05) is 29.8 Å². The van der Waals surface area contributed by atoms with E-state index >= 15 is 0 Å². The van der Waals surface area contributed by atoms with Gasteiger partial charge in [-0.2, -0.15) is 5.26 Å². The number of nitrogens with zero attached hydrogens (tertiary/aromatic N) is 2. The molecule has 1 aromatic carbocycles. The number of rotatable bonds is 4. The summed E-state index contributed by atoms with van der Waals surface area (Å²) in [7, 11) is 0. The normalized spacial score (nSPS) is 29.3. The molecule has 1 aliphatic carbocycles. The Hall–Kier alpha value is -1.86. The molecule has 2 aliphatic rings. The van der Waals surface area contributed by atoms with Crippen molar-refractivity contribution in [3.8, 4) is 6.07 Å². The van der Waals surface area contributed by atoms with Gasteiger partial charge in [0.15, 0.2) is 0 Å². The van der Waals surface area contributed by atoms with Gasteiger partial charge in [0.2, 0.25) is 5.91 Å². The van der Waals surface area contributed by atoms with Crippen LogP contribution < -0.4 is 5.32 Å². The lowest BCUT2D eigenvalue weighted by atomic mass is 9.69. The lowest BCUT2D eigenvalue weighted by Gasteiger charge is -2.40. The first-order valence-electron chi connectivity index (χ1n) is 10.3. The predicted octanol–water partition coefficient (Wildman–Crippen LogP) is 3.94. The molecule has 0 radical (unpaired) electrons. The van der Waals surface area contributed by atoms with Crippen LogP contribution in [0.3, 0.4) is 0 Å². The van der Waals surface area contributed by atoms with E-state index in [1.54, 1.807) is 6.92 Å². The van der Waals surface area contributed by atoms with Gasteiger partial charge in [0.25, 0.3) is 0 Å². The Bertz CT molecular complexity index is 725. The van der Waals surface area contributed by atoms with Crippen molar-refractivity contribution >= 4 is 5.91 Å².